The average molecular weight is 539 g/mol. The van der Waals surface area contributed by atoms with Crippen LogP contribution in [0.3, 0.4) is 0 Å². The van der Waals surface area contributed by atoms with Gasteiger partial charge in [0.25, 0.3) is 0 Å². The highest BCUT2D eigenvalue weighted by atomic mass is 19.4. The molecule has 4 saturated carbocycles. The Hall–Kier alpha value is -2.36. The average Bonchev–Trinajstić information content (AvgIpc) is 3.54. The van der Waals surface area contributed by atoms with Gasteiger partial charge in [-0.1, -0.05) is 13.8 Å². The molecule has 5 fully saturated rings. The van der Waals surface area contributed by atoms with Gasteiger partial charge in [0, 0.05) is 24.3 Å². The Balaban J connectivity index is 1.28. The zero-order chi connectivity index (χ0) is 27.3. The summed E-state index contributed by atoms with van der Waals surface area (Å²) in [5.74, 6) is -2.01. The fourth-order valence-electron chi connectivity index (χ4n) is 9.41. The third-order valence-electron chi connectivity index (χ3n) is 11.0. The molecule has 10 heteroatoms. The number of rotatable bonds is 3. The molecule has 0 bridgehead atoms. The maximum absolute atomic E-state index is 12.8. The molecule has 0 aromatic carbocycles. The number of alkyl halides is 3. The summed E-state index contributed by atoms with van der Waals surface area (Å²) in [5, 5.41) is 0. The lowest BCUT2D eigenvalue weighted by Crippen LogP contribution is -2.58. The van der Waals surface area contributed by atoms with Gasteiger partial charge in [-0.15, -0.1) is 0 Å². The van der Waals surface area contributed by atoms with Gasteiger partial charge in [0.05, 0.1) is 6.26 Å². The van der Waals surface area contributed by atoms with E-state index in [-0.39, 0.29) is 40.7 Å². The molecular weight excluding hydrogens is 505 g/mol. The van der Waals surface area contributed by atoms with Crippen LogP contribution in [-0.2, 0) is 23.8 Å². The van der Waals surface area contributed by atoms with Crippen LogP contribution in [0, 0.1) is 28.6 Å². The smallest absolute Gasteiger partial charge is 0.459 e. The molecule has 0 amide bonds. The number of fused-ring (bicyclic) bond motifs is 3. The molecule has 10 atom stereocenters. The second kappa shape index (κ2) is 8.32. The molecule has 6 rings (SSSR count). The fraction of sp³-hybridized carbons (Fsp3) is 0.750. The van der Waals surface area contributed by atoms with E-state index in [1.165, 1.54) is 19.3 Å². The van der Waals surface area contributed by atoms with Crippen molar-refractivity contribution >= 4 is 11.9 Å². The topological polar surface area (TPSA) is 95.3 Å². The van der Waals surface area contributed by atoms with Gasteiger partial charge in [-0.05, 0) is 79.7 Å². The highest BCUT2D eigenvalue weighted by Crippen LogP contribution is 2.78. The van der Waals surface area contributed by atoms with Crippen molar-refractivity contribution < 1.29 is 41.4 Å². The van der Waals surface area contributed by atoms with Crippen LogP contribution in [0.25, 0.3) is 0 Å². The molecule has 1 aromatic rings. The molecule has 0 N–H and O–H groups in total. The van der Waals surface area contributed by atoms with Crippen molar-refractivity contribution in [1.82, 2.24) is 0 Å². The summed E-state index contributed by atoms with van der Waals surface area (Å²) in [4.78, 5) is 35.3. The van der Waals surface area contributed by atoms with Crippen molar-refractivity contribution in [2.75, 3.05) is 0 Å². The van der Waals surface area contributed by atoms with Crippen LogP contribution in [0.5, 0.6) is 0 Å². The van der Waals surface area contributed by atoms with E-state index in [0.29, 0.717) is 25.2 Å². The second-order valence-electron chi connectivity index (χ2n) is 12.5. The van der Waals surface area contributed by atoms with Crippen molar-refractivity contribution in [3.63, 3.8) is 0 Å². The van der Waals surface area contributed by atoms with E-state index in [9.17, 15) is 27.6 Å². The summed E-state index contributed by atoms with van der Waals surface area (Å²) in [6.07, 6.45) is -0.0394. The zero-order valence-corrected chi connectivity index (χ0v) is 21.7. The highest BCUT2D eigenvalue weighted by molar-refractivity contribution is 5.75. The van der Waals surface area contributed by atoms with Crippen LogP contribution in [-0.4, -0.2) is 42.0 Å². The Morgan fingerprint density at radius 1 is 1.03 bits per heavy atom. The van der Waals surface area contributed by atoms with E-state index < -0.39 is 35.6 Å². The Kier molecular flexibility index (Phi) is 5.67. The summed E-state index contributed by atoms with van der Waals surface area (Å²) in [7, 11) is 0. The molecule has 38 heavy (non-hydrogen) atoms. The summed E-state index contributed by atoms with van der Waals surface area (Å²) in [6, 6.07) is 3.15. The Morgan fingerprint density at radius 2 is 1.79 bits per heavy atom. The molecule has 10 unspecified atom stereocenters. The van der Waals surface area contributed by atoms with Crippen LogP contribution < -0.4 is 5.63 Å². The molecular formula is C28H33F3O7. The van der Waals surface area contributed by atoms with E-state index >= 15 is 0 Å². The summed E-state index contributed by atoms with van der Waals surface area (Å²) in [6.45, 7) is 5.83. The molecule has 1 aromatic heterocycles. The summed E-state index contributed by atoms with van der Waals surface area (Å²) >= 11 is 0. The van der Waals surface area contributed by atoms with Crippen molar-refractivity contribution in [2.45, 2.75) is 102 Å². The normalized spacial score (nSPS) is 45.2. The Bertz CT molecular complexity index is 1190. The van der Waals surface area contributed by atoms with Crippen LogP contribution in [0.15, 0.2) is 27.6 Å². The van der Waals surface area contributed by atoms with Crippen LogP contribution in [0.2, 0.25) is 0 Å². The maximum Gasteiger partial charge on any atom is 0.490 e. The van der Waals surface area contributed by atoms with E-state index in [2.05, 4.69) is 13.8 Å². The van der Waals surface area contributed by atoms with Gasteiger partial charge in [0.2, 0.25) is 0 Å². The highest BCUT2D eigenvalue weighted by Gasteiger charge is 2.84. The minimum absolute atomic E-state index is 0.106. The van der Waals surface area contributed by atoms with Crippen molar-refractivity contribution in [3.8, 4) is 0 Å². The Morgan fingerprint density at radius 3 is 2.45 bits per heavy atom. The van der Waals surface area contributed by atoms with E-state index in [1.807, 2.05) is 0 Å². The van der Waals surface area contributed by atoms with Crippen molar-refractivity contribution in [3.05, 3.63) is 34.4 Å². The van der Waals surface area contributed by atoms with Gasteiger partial charge in [-0.25, -0.2) is 9.59 Å². The molecule has 208 valence electrons. The van der Waals surface area contributed by atoms with Gasteiger partial charge in [0.1, 0.15) is 23.9 Å². The van der Waals surface area contributed by atoms with Crippen LogP contribution in [0.4, 0.5) is 13.2 Å². The number of halogens is 3. The molecule has 4 aliphatic carbocycles. The number of carbonyl (C=O) groups excluding carboxylic acids is 2. The first-order chi connectivity index (χ1) is 17.8. The van der Waals surface area contributed by atoms with E-state index in [1.54, 1.807) is 6.07 Å². The zero-order valence-electron chi connectivity index (χ0n) is 21.7. The van der Waals surface area contributed by atoms with Gasteiger partial charge in [-0.3, -0.25) is 4.79 Å². The van der Waals surface area contributed by atoms with Gasteiger partial charge < -0.3 is 18.6 Å². The predicted molar refractivity (Wildman–Crippen MR) is 126 cm³/mol. The number of ether oxygens (including phenoxy) is 3. The van der Waals surface area contributed by atoms with Crippen LogP contribution >= 0.6 is 0 Å². The number of carbonyl (C=O) groups is 2. The van der Waals surface area contributed by atoms with Gasteiger partial charge >= 0.3 is 23.7 Å². The van der Waals surface area contributed by atoms with Gasteiger partial charge in [-0.2, -0.15) is 13.2 Å². The second-order valence-corrected chi connectivity index (χ2v) is 12.5. The molecule has 1 spiro atoms. The maximum atomic E-state index is 12.8. The SMILES string of the molecule is CC(=O)OC1C(c2ccc(=O)oc2)C2(C)CCC3C(CCC4CC(OC(=O)C(F)(F)F)CCC43C)C23OC13. The lowest BCUT2D eigenvalue weighted by molar-refractivity contribution is -0.211. The quantitative estimate of drug-likeness (QED) is 0.399. The van der Waals surface area contributed by atoms with E-state index in [0.717, 1.165) is 31.2 Å². The first-order valence-corrected chi connectivity index (χ1v) is 13.5. The fourth-order valence-corrected chi connectivity index (χ4v) is 9.41. The van der Waals surface area contributed by atoms with Crippen molar-refractivity contribution in [2.24, 2.45) is 28.6 Å². The lowest BCUT2D eigenvalue weighted by atomic mass is 9.44. The van der Waals surface area contributed by atoms with Crippen LogP contribution in [0.1, 0.15) is 77.2 Å². The van der Waals surface area contributed by atoms with E-state index in [4.69, 9.17) is 18.6 Å². The first kappa shape index (κ1) is 25.9. The molecule has 5 aliphatic rings. The predicted octanol–water partition coefficient (Wildman–Crippen LogP) is 4.91. The number of epoxide rings is 1. The van der Waals surface area contributed by atoms with Crippen molar-refractivity contribution in [1.29, 1.82) is 0 Å². The first-order valence-electron chi connectivity index (χ1n) is 13.5. The minimum Gasteiger partial charge on any atom is -0.459 e. The summed E-state index contributed by atoms with van der Waals surface area (Å²) < 4.78 is 60.9. The molecule has 0 radical (unpaired) electrons. The Labute approximate surface area is 218 Å². The molecule has 2 heterocycles. The largest absolute Gasteiger partial charge is 0.490 e. The monoisotopic (exact) mass is 538 g/mol. The number of hydrogen-bond acceptors (Lipinski definition) is 7. The number of esters is 2. The molecule has 1 aliphatic heterocycles. The lowest BCUT2D eigenvalue weighted by Gasteiger charge is -2.61. The third kappa shape index (κ3) is 3.54. The standard InChI is InChI=1S/C28H33F3O7/c1-14(32)36-22-21(15-4-7-20(33)35-13-15)26(3)11-9-18-19(27(26)23(22)38-27)6-5-16-12-17(8-10-25(16,18)2)37-24(34)28(29,30)31/h4,7,13,16-19,21-23H,5-6,8-12H2,1-3H3. The third-order valence-corrected chi connectivity index (χ3v) is 11.0. The number of hydrogen-bond donors (Lipinski definition) is 0. The molecule has 1 saturated heterocycles. The molecule has 7 nitrogen and oxygen atoms in total. The minimum atomic E-state index is -4.98. The summed E-state index contributed by atoms with van der Waals surface area (Å²) in [5.41, 5.74) is -0.556. The van der Waals surface area contributed by atoms with Gasteiger partial charge in [0.15, 0.2) is 0 Å².